The average molecular weight is 516 g/mol. The number of nitrogens with one attached hydrogen (secondary N) is 2. The third kappa shape index (κ3) is 6.93. The molecule has 0 saturated heterocycles. The van der Waals surface area contributed by atoms with Gasteiger partial charge in [0.15, 0.2) is 0 Å². The molecule has 2 aromatic rings. The second kappa shape index (κ2) is 12.5. The highest BCUT2D eigenvalue weighted by Gasteiger charge is 2.42. The number of aliphatic carboxylic acids is 1. The lowest BCUT2D eigenvalue weighted by Crippen LogP contribution is -2.56. The predicted molar refractivity (Wildman–Crippen MR) is 139 cm³/mol. The first-order chi connectivity index (χ1) is 17.1. The Hall–Kier alpha value is -2.75. The molecule has 2 atom stereocenters. The lowest BCUT2D eigenvalue weighted by Gasteiger charge is -2.33. The van der Waals surface area contributed by atoms with Crippen LogP contribution in [0.5, 0.6) is 0 Å². The Bertz CT molecular complexity index is 1150. The van der Waals surface area contributed by atoms with Gasteiger partial charge in [0.2, 0.25) is 0 Å². The number of carboxylic acids is 1. The number of unbranched alkanes of at least 4 members (excludes halogenated alkanes) is 1. The minimum Gasteiger partial charge on any atom is -0.480 e. The van der Waals surface area contributed by atoms with Crippen molar-refractivity contribution in [2.75, 3.05) is 13.1 Å². The second-order valence-corrected chi connectivity index (χ2v) is 11.6. The number of amides is 1. The van der Waals surface area contributed by atoms with Crippen molar-refractivity contribution in [2.45, 2.75) is 70.0 Å². The highest BCUT2D eigenvalue weighted by molar-refractivity contribution is 7.89. The lowest BCUT2D eigenvalue weighted by atomic mass is 9.95. The zero-order valence-corrected chi connectivity index (χ0v) is 22.1. The van der Waals surface area contributed by atoms with E-state index in [-0.39, 0.29) is 11.3 Å². The van der Waals surface area contributed by atoms with Gasteiger partial charge in [0.25, 0.3) is 15.9 Å². The summed E-state index contributed by atoms with van der Waals surface area (Å²) in [5, 5.41) is 16.5. The van der Waals surface area contributed by atoms with Gasteiger partial charge in [-0.05, 0) is 74.9 Å². The summed E-state index contributed by atoms with van der Waals surface area (Å²) in [6.45, 7) is 7.99. The molecule has 1 aliphatic heterocycles. The summed E-state index contributed by atoms with van der Waals surface area (Å²) < 4.78 is 28.1. The van der Waals surface area contributed by atoms with E-state index in [1.54, 1.807) is 12.1 Å². The molecule has 3 N–H and O–H groups in total. The third-order valence-electron chi connectivity index (χ3n) is 6.38. The van der Waals surface area contributed by atoms with Crippen LogP contribution in [0.3, 0.4) is 0 Å². The van der Waals surface area contributed by atoms with Gasteiger partial charge in [-0.3, -0.25) is 4.79 Å². The van der Waals surface area contributed by atoms with Crippen LogP contribution in [0.25, 0.3) is 0 Å². The van der Waals surface area contributed by atoms with E-state index in [9.17, 15) is 23.1 Å². The predicted octanol–water partition coefficient (Wildman–Crippen LogP) is 3.10. The third-order valence-corrected chi connectivity index (χ3v) is 8.20. The summed E-state index contributed by atoms with van der Waals surface area (Å²) in [5.41, 5.74) is 2.85. The van der Waals surface area contributed by atoms with Crippen LogP contribution in [-0.2, 0) is 32.6 Å². The van der Waals surface area contributed by atoms with Crippen LogP contribution in [0.15, 0.2) is 53.4 Å². The van der Waals surface area contributed by atoms with Crippen molar-refractivity contribution in [1.29, 1.82) is 0 Å². The molecule has 1 heterocycles. The highest BCUT2D eigenvalue weighted by atomic mass is 32.2. The Kier molecular flexibility index (Phi) is 9.64. The van der Waals surface area contributed by atoms with Crippen molar-refractivity contribution >= 4 is 21.9 Å². The Labute approximate surface area is 214 Å². The van der Waals surface area contributed by atoms with Gasteiger partial charge in [-0.2, -0.15) is 0 Å². The topological polar surface area (TPSA) is 116 Å². The molecule has 0 spiro atoms. The lowest BCUT2D eigenvalue weighted by molar-refractivity contribution is -0.147. The van der Waals surface area contributed by atoms with Crippen LogP contribution in [0, 0.1) is 12.8 Å². The van der Waals surface area contributed by atoms with E-state index in [0.29, 0.717) is 42.6 Å². The summed E-state index contributed by atoms with van der Waals surface area (Å²) >= 11 is 0. The molecular weight excluding hydrogens is 478 g/mol. The largest absolute Gasteiger partial charge is 0.480 e. The molecule has 0 fully saturated rings. The van der Waals surface area contributed by atoms with Crippen LogP contribution in [-0.4, -0.2) is 54.9 Å². The smallest absolute Gasteiger partial charge is 0.327 e. The van der Waals surface area contributed by atoms with Gasteiger partial charge >= 0.3 is 5.97 Å². The summed E-state index contributed by atoms with van der Waals surface area (Å²) in [6.07, 6.45) is 1.48. The quantitative estimate of drug-likeness (QED) is 0.372. The molecule has 2 aromatic carbocycles. The second-order valence-electron chi connectivity index (χ2n) is 9.81. The van der Waals surface area contributed by atoms with Crippen LogP contribution in [0.2, 0.25) is 0 Å². The zero-order chi connectivity index (χ0) is 26.3. The molecule has 0 saturated carbocycles. The van der Waals surface area contributed by atoms with Gasteiger partial charge in [-0.1, -0.05) is 55.8 Å². The number of rotatable bonds is 12. The number of sulfonamides is 1. The van der Waals surface area contributed by atoms with Crippen LogP contribution in [0.4, 0.5) is 0 Å². The first kappa shape index (κ1) is 27.8. The summed E-state index contributed by atoms with van der Waals surface area (Å²) in [7, 11) is -4.40. The molecule has 0 aromatic heterocycles. The highest BCUT2D eigenvalue weighted by Crippen LogP contribution is 2.25. The molecule has 1 amide bonds. The Morgan fingerprint density at radius 2 is 1.75 bits per heavy atom. The van der Waals surface area contributed by atoms with Crippen LogP contribution >= 0.6 is 0 Å². The number of nitrogens with zero attached hydrogens (tertiary/aromatic N) is 1. The van der Waals surface area contributed by atoms with E-state index in [4.69, 9.17) is 0 Å². The van der Waals surface area contributed by atoms with Crippen LogP contribution < -0.4 is 10.6 Å². The minimum absolute atomic E-state index is 0.0405. The Morgan fingerprint density at radius 3 is 2.39 bits per heavy atom. The van der Waals surface area contributed by atoms with E-state index < -0.39 is 34.0 Å². The first-order valence-corrected chi connectivity index (χ1v) is 13.9. The molecule has 36 heavy (non-hydrogen) atoms. The number of aryl methyl sites for hydroxylation is 1. The number of hydrogen-bond donors (Lipinski definition) is 3. The van der Waals surface area contributed by atoms with Crippen molar-refractivity contribution in [3.8, 4) is 0 Å². The minimum atomic E-state index is -4.40. The molecule has 3 rings (SSSR count). The molecule has 196 valence electrons. The number of hydrogen-bond acceptors (Lipinski definition) is 6. The number of benzene rings is 2. The van der Waals surface area contributed by atoms with Gasteiger partial charge < -0.3 is 15.7 Å². The molecule has 1 aliphatic rings. The number of carboxylic acid groups (broad SMARTS) is 1. The molecular formula is C27H37N3O5S. The molecule has 9 heteroatoms. The van der Waals surface area contributed by atoms with E-state index >= 15 is 0 Å². The van der Waals surface area contributed by atoms with E-state index in [1.165, 1.54) is 12.1 Å². The maximum absolute atomic E-state index is 13.8. The molecule has 0 radical (unpaired) electrons. The van der Waals surface area contributed by atoms with Gasteiger partial charge in [-0.15, -0.1) is 0 Å². The maximum Gasteiger partial charge on any atom is 0.327 e. The zero-order valence-electron chi connectivity index (χ0n) is 21.2. The van der Waals surface area contributed by atoms with Crippen molar-refractivity contribution in [1.82, 2.24) is 14.9 Å². The van der Waals surface area contributed by atoms with Crippen molar-refractivity contribution in [2.24, 2.45) is 5.92 Å². The van der Waals surface area contributed by atoms with Gasteiger partial charge in [0.1, 0.15) is 6.04 Å². The first-order valence-electron chi connectivity index (χ1n) is 12.5. The fourth-order valence-corrected chi connectivity index (χ4v) is 5.97. The average Bonchev–Trinajstić information content (AvgIpc) is 2.84. The van der Waals surface area contributed by atoms with Gasteiger partial charge in [-0.25, -0.2) is 17.5 Å². The standard InChI is InChI=1S/C27H37N3O5S/c1-19(2)17-28-15-7-6-10-25(27(32)33)30(36(34,35)23-13-11-20(3)12-14-23)26(31)24-16-21-8-4-5-9-22(21)18-29-24/h4-5,8-9,11-14,19,24-25,28-29H,6-7,10,15-18H2,1-3H3,(H,32,33)/t24?,25-/m0/s1. The molecule has 0 aliphatic carbocycles. The summed E-state index contributed by atoms with van der Waals surface area (Å²) in [6, 6.07) is 11.4. The summed E-state index contributed by atoms with van der Waals surface area (Å²) in [4.78, 5) is 26.0. The fraction of sp³-hybridized carbons (Fsp3) is 0.481. The van der Waals surface area contributed by atoms with Crippen molar-refractivity contribution in [3.05, 3.63) is 65.2 Å². The van der Waals surface area contributed by atoms with Gasteiger partial charge in [0, 0.05) is 6.54 Å². The summed E-state index contributed by atoms with van der Waals surface area (Å²) in [5.74, 6) is -1.57. The van der Waals surface area contributed by atoms with Crippen molar-refractivity contribution in [3.63, 3.8) is 0 Å². The Morgan fingerprint density at radius 1 is 1.08 bits per heavy atom. The SMILES string of the molecule is Cc1ccc(S(=O)(=O)N(C(=O)C2Cc3ccccc3CN2)[C@@H](CCCCNCC(C)C)C(=O)O)cc1. The van der Waals surface area contributed by atoms with E-state index in [1.807, 2.05) is 31.2 Å². The molecule has 0 bridgehead atoms. The van der Waals surface area contributed by atoms with Gasteiger partial charge in [0.05, 0.1) is 10.9 Å². The monoisotopic (exact) mass is 515 g/mol. The number of carbonyl (C=O) groups is 2. The van der Waals surface area contributed by atoms with E-state index in [2.05, 4.69) is 24.5 Å². The fourth-order valence-electron chi connectivity index (χ4n) is 4.37. The van der Waals surface area contributed by atoms with E-state index in [0.717, 1.165) is 23.2 Å². The number of fused-ring (bicyclic) bond motifs is 1. The normalized spacial score (nSPS) is 16.4. The van der Waals surface area contributed by atoms with Crippen LogP contribution in [0.1, 0.15) is 49.8 Å². The molecule has 8 nitrogen and oxygen atoms in total. The number of carbonyl (C=O) groups excluding carboxylic acids is 1. The Balaban J connectivity index is 1.87. The maximum atomic E-state index is 13.8. The molecule has 1 unspecified atom stereocenters. The van der Waals surface area contributed by atoms with Crippen molar-refractivity contribution < 1.29 is 23.1 Å².